The number of likely N-dealkylation sites (tertiary alicyclic amines) is 1. The van der Waals surface area contributed by atoms with Gasteiger partial charge in [-0.15, -0.1) is 0 Å². The Kier molecular flexibility index (Phi) is 5.00. The third-order valence-electron chi connectivity index (χ3n) is 4.70. The largest absolute Gasteiger partial charge is 0.378 e. The molecule has 1 fully saturated rings. The van der Waals surface area contributed by atoms with Crippen molar-refractivity contribution in [3.63, 3.8) is 0 Å². The standard InChI is InChI=1S/C19H25N3O2/c1-4-24-17-7-10-21(11-8-17)19(23)18-12-14(2)22(15(18)3)16-6-5-9-20-13-16/h5-6,9,12-13,17H,4,7-8,10-11H2,1-3H3. The molecule has 1 saturated heterocycles. The molecule has 0 spiro atoms. The predicted octanol–water partition coefficient (Wildman–Crippen LogP) is 3.13. The number of aromatic nitrogens is 2. The van der Waals surface area contributed by atoms with Crippen molar-refractivity contribution in [2.24, 2.45) is 0 Å². The number of rotatable bonds is 4. The van der Waals surface area contributed by atoms with E-state index < -0.39 is 0 Å². The van der Waals surface area contributed by atoms with Crippen molar-refractivity contribution < 1.29 is 9.53 Å². The van der Waals surface area contributed by atoms with Crippen molar-refractivity contribution in [1.29, 1.82) is 0 Å². The van der Waals surface area contributed by atoms with Crippen LogP contribution in [0.3, 0.4) is 0 Å². The van der Waals surface area contributed by atoms with Crippen LogP contribution >= 0.6 is 0 Å². The monoisotopic (exact) mass is 327 g/mol. The first-order valence-corrected chi connectivity index (χ1v) is 8.62. The topological polar surface area (TPSA) is 47.4 Å². The van der Waals surface area contributed by atoms with Gasteiger partial charge in [0.1, 0.15) is 0 Å². The average Bonchev–Trinajstić information content (AvgIpc) is 2.90. The smallest absolute Gasteiger partial charge is 0.255 e. The highest BCUT2D eigenvalue weighted by Crippen LogP contribution is 2.23. The molecule has 1 aliphatic heterocycles. The Hall–Kier alpha value is -2.14. The lowest BCUT2D eigenvalue weighted by Gasteiger charge is -2.31. The van der Waals surface area contributed by atoms with Crippen LogP contribution in [0.15, 0.2) is 30.6 Å². The van der Waals surface area contributed by atoms with E-state index in [1.807, 2.05) is 50.1 Å². The van der Waals surface area contributed by atoms with Crippen molar-refractivity contribution >= 4 is 5.91 Å². The number of carbonyl (C=O) groups is 1. The van der Waals surface area contributed by atoms with E-state index >= 15 is 0 Å². The Labute approximate surface area is 143 Å². The molecule has 2 aromatic rings. The molecular weight excluding hydrogens is 302 g/mol. The van der Waals surface area contributed by atoms with Gasteiger partial charge in [0.2, 0.25) is 0 Å². The molecule has 1 amide bonds. The summed E-state index contributed by atoms with van der Waals surface area (Å²) in [5, 5.41) is 0. The molecule has 24 heavy (non-hydrogen) atoms. The van der Waals surface area contributed by atoms with Crippen LogP contribution in [0.25, 0.3) is 5.69 Å². The summed E-state index contributed by atoms with van der Waals surface area (Å²) in [4.78, 5) is 19.1. The zero-order chi connectivity index (χ0) is 17.1. The van der Waals surface area contributed by atoms with Crippen molar-refractivity contribution in [1.82, 2.24) is 14.5 Å². The van der Waals surface area contributed by atoms with Crippen LogP contribution in [0.2, 0.25) is 0 Å². The van der Waals surface area contributed by atoms with Gasteiger partial charge in [0.25, 0.3) is 5.91 Å². The molecular formula is C19H25N3O2. The number of hydrogen-bond acceptors (Lipinski definition) is 3. The normalized spacial score (nSPS) is 15.7. The van der Waals surface area contributed by atoms with Crippen molar-refractivity contribution in [3.8, 4) is 5.69 Å². The van der Waals surface area contributed by atoms with Crippen LogP contribution in [0.5, 0.6) is 0 Å². The second-order valence-corrected chi connectivity index (χ2v) is 6.28. The first-order chi connectivity index (χ1) is 11.6. The second kappa shape index (κ2) is 7.18. The summed E-state index contributed by atoms with van der Waals surface area (Å²) < 4.78 is 7.76. The first-order valence-electron chi connectivity index (χ1n) is 8.62. The molecule has 5 nitrogen and oxygen atoms in total. The lowest BCUT2D eigenvalue weighted by molar-refractivity contribution is 0.0146. The van der Waals surface area contributed by atoms with Crippen molar-refractivity contribution in [3.05, 3.63) is 47.5 Å². The van der Waals surface area contributed by atoms with Gasteiger partial charge in [0, 0.05) is 37.3 Å². The van der Waals surface area contributed by atoms with Crippen molar-refractivity contribution in [2.45, 2.75) is 39.7 Å². The number of ether oxygens (including phenoxy) is 1. The van der Waals surface area contributed by atoms with Crippen LogP contribution in [-0.2, 0) is 4.74 Å². The molecule has 0 bridgehead atoms. The summed E-state index contributed by atoms with van der Waals surface area (Å²) in [5.74, 6) is 0.119. The number of amides is 1. The molecule has 5 heteroatoms. The van der Waals surface area contributed by atoms with E-state index in [0.29, 0.717) is 6.10 Å². The molecule has 0 aromatic carbocycles. The van der Waals surface area contributed by atoms with Crippen LogP contribution in [0.4, 0.5) is 0 Å². The van der Waals surface area contributed by atoms with E-state index in [0.717, 1.165) is 55.2 Å². The number of aryl methyl sites for hydroxylation is 1. The quantitative estimate of drug-likeness (QED) is 0.867. The minimum atomic E-state index is 0.119. The number of nitrogens with zero attached hydrogens (tertiary/aromatic N) is 3. The second-order valence-electron chi connectivity index (χ2n) is 6.28. The summed E-state index contributed by atoms with van der Waals surface area (Å²) >= 11 is 0. The highest BCUT2D eigenvalue weighted by molar-refractivity contribution is 5.96. The molecule has 0 unspecified atom stereocenters. The maximum Gasteiger partial charge on any atom is 0.255 e. The first kappa shape index (κ1) is 16.7. The van der Waals surface area contributed by atoms with Gasteiger partial charge >= 0.3 is 0 Å². The van der Waals surface area contributed by atoms with Crippen LogP contribution < -0.4 is 0 Å². The minimum Gasteiger partial charge on any atom is -0.378 e. The molecule has 2 aromatic heterocycles. The molecule has 0 saturated carbocycles. The molecule has 3 heterocycles. The minimum absolute atomic E-state index is 0.119. The predicted molar refractivity (Wildman–Crippen MR) is 93.6 cm³/mol. The maximum absolute atomic E-state index is 12.9. The van der Waals surface area contributed by atoms with E-state index in [9.17, 15) is 4.79 Å². The SMILES string of the molecule is CCOC1CCN(C(=O)c2cc(C)n(-c3cccnc3)c2C)CC1. The molecule has 0 N–H and O–H groups in total. The van der Waals surface area contributed by atoms with E-state index in [1.54, 1.807) is 6.20 Å². The van der Waals surface area contributed by atoms with Crippen LogP contribution in [0.1, 0.15) is 41.5 Å². The Morgan fingerprint density at radius 1 is 1.33 bits per heavy atom. The zero-order valence-corrected chi connectivity index (χ0v) is 14.7. The lowest BCUT2D eigenvalue weighted by Crippen LogP contribution is -2.41. The Bertz CT molecular complexity index is 701. The van der Waals surface area contributed by atoms with Gasteiger partial charge in [-0.05, 0) is 51.8 Å². The van der Waals surface area contributed by atoms with Gasteiger partial charge in [-0.25, -0.2) is 0 Å². The van der Waals surface area contributed by atoms with Gasteiger partial charge in [-0.3, -0.25) is 9.78 Å². The third-order valence-corrected chi connectivity index (χ3v) is 4.70. The molecule has 128 valence electrons. The van der Waals surface area contributed by atoms with E-state index in [2.05, 4.69) is 9.55 Å². The fraction of sp³-hybridized carbons (Fsp3) is 0.474. The third kappa shape index (κ3) is 3.22. The molecule has 3 rings (SSSR count). The summed E-state index contributed by atoms with van der Waals surface area (Å²) in [6.07, 6.45) is 5.71. The van der Waals surface area contributed by atoms with Gasteiger partial charge in [0.05, 0.1) is 23.6 Å². The van der Waals surface area contributed by atoms with Crippen LogP contribution in [-0.4, -0.2) is 46.2 Å². The molecule has 0 aliphatic carbocycles. The summed E-state index contributed by atoms with van der Waals surface area (Å²) in [6, 6.07) is 5.91. The lowest BCUT2D eigenvalue weighted by atomic mass is 10.1. The molecule has 1 aliphatic rings. The highest BCUT2D eigenvalue weighted by atomic mass is 16.5. The zero-order valence-electron chi connectivity index (χ0n) is 14.7. The van der Waals surface area contributed by atoms with Gasteiger partial charge in [-0.2, -0.15) is 0 Å². The number of pyridine rings is 1. The Balaban J connectivity index is 1.80. The summed E-state index contributed by atoms with van der Waals surface area (Å²) in [6.45, 7) is 8.31. The van der Waals surface area contributed by atoms with Gasteiger partial charge < -0.3 is 14.2 Å². The highest BCUT2D eigenvalue weighted by Gasteiger charge is 2.26. The summed E-state index contributed by atoms with van der Waals surface area (Å²) in [5.41, 5.74) is 3.79. The molecule has 0 radical (unpaired) electrons. The van der Waals surface area contributed by atoms with E-state index in [1.165, 1.54) is 0 Å². The van der Waals surface area contributed by atoms with E-state index in [4.69, 9.17) is 4.74 Å². The molecule has 0 atom stereocenters. The number of piperidine rings is 1. The van der Waals surface area contributed by atoms with E-state index in [-0.39, 0.29) is 5.91 Å². The Morgan fingerprint density at radius 2 is 2.08 bits per heavy atom. The van der Waals surface area contributed by atoms with Gasteiger partial charge in [0.15, 0.2) is 0 Å². The average molecular weight is 327 g/mol. The maximum atomic E-state index is 12.9. The van der Waals surface area contributed by atoms with Crippen molar-refractivity contribution in [2.75, 3.05) is 19.7 Å². The fourth-order valence-corrected chi connectivity index (χ4v) is 3.49. The Morgan fingerprint density at radius 3 is 2.71 bits per heavy atom. The number of hydrogen-bond donors (Lipinski definition) is 0. The fourth-order valence-electron chi connectivity index (χ4n) is 3.49. The summed E-state index contributed by atoms with van der Waals surface area (Å²) in [7, 11) is 0. The number of carbonyl (C=O) groups excluding carboxylic acids is 1. The van der Waals surface area contributed by atoms with Gasteiger partial charge in [-0.1, -0.05) is 0 Å². The van der Waals surface area contributed by atoms with Crippen LogP contribution in [0, 0.1) is 13.8 Å².